The van der Waals surface area contributed by atoms with Gasteiger partial charge in [-0.1, -0.05) is 12.1 Å². The van der Waals surface area contributed by atoms with Crippen LogP contribution in [-0.2, 0) is 0 Å². The van der Waals surface area contributed by atoms with Gasteiger partial charge in [0.2, 0.25) is 0 Å². The fourth-order valence-corrected chi connectivity index (χ4v) is 3.10. The van der Waals surface area contributed by atoms with E-state index < -0.39 is 5.91 Å². The SMILES string of the molecule is C[C@@H]1C[C@H](c2ccc(F)cc2)CN1C(=O)c1nccnc1C(N)=O. The van der Waals surface area contributed by atoms with Crippen molar-refractivity contribution in [1.82, 2.24) is 14.9 Å². The largest absolute Gasteiger partial charge is 0.364 e. The number of carbonyl (C=O) groups excluding carboxylic acids is 2. The lowest BCUT2D eigenvalue weighted by atomic mass is 9.97. The lowest BCUT2D eigenvalue weighted by Crippen LogP contribution is -2.36. The van der Waals surface area contributed by atoms with Crippen LogP contribution in [0.3, 0.4) is 0 Å². The molecule has 2 aromatic rings. The van der Waals surface area contributed by atoms with E-state index >= 15 is 0 Å². The Morgan fingerprint density at radius 2 is 1.79 bits per heavy atom. The van der Waals surface area contributed by atoms with E-state index in [1.165, 1.54) is 24.5 Å². The molecule has 3 rings (SSSR count). The number of hydrogen-bond acceptors (Lipinski definition) is 4. The molecule has 2 amide bonds. The molecule has 1 aliphatic rings. The third-order valence-electron chi connectivity index (χ3n) is 4.31. The van der Waals surface area contributed by atoms with Crippen LogP contribution in [0.5, 0.6) is 0 Å². The van der Waals surface area contributed by atoms with E-state index in [4.69, 9.17) is 5.73 Å². The van der Waals surface area contributed by atoms with Crippen LogP contribution in [-0.4, -0.2) is 39.3 Å². The number of aromatic nitrogens is 2. The molecule has 0 saturated carbocycles. The summed E-state index contributed by atoms with van der Waals surface area (Å²) < 4.78 is 13.1. The highest BCUT2D eigenvalue weighted by Crippen LogP contribution is 2.32. The Morgan fingerprint density at radius 1 is 1.17 bits per heavy atom. The van der Waals surface area contributed by atoms with E-state index in [1.54, 1.807) is 17.0 Å². The summed E-state index contributed by atoms with van der Waals surface area (Å²) in [6.45, 7) is 2.40. The highest BCUT2D eigenvalue weighted by molar-refractivity contribution is 6.04. The topological polar surface area (TPSA) is 89.2 Å². The maximum atomic E-state index is 13.1. The van der Waals surface area contributed by atoms with Gasteiger partial charge < -0.3 is 10.6 Å². The van der Waals surface area contributed by atoms with E-state index in [-0.39, 0.29) is 35.1 Å². The molecule has 0 radical (unpaired) electrons. The van der Waals surface area contributed by atoms with Crippen molar-refractivity contribution in [3.05, 3.63) is 59.4 Å². The van der Waals surface area contributed by atoms with Crippen molar-refractivity contribution >= 4 is 11.8 Å². The molecule has 6 nitrogen and oxygen atoms in total. The zero-order valence-electron chi connectivity index (χ0n) is 13.1. The van der Waals surface area contributed by atoms with Gasteiger partial charge in [-0.2, -0.15) is 0 Å². The second-order valence-corrected chi connectivity index (χ2v) is 5.91. The van der Waals surface area contributed by atoms with Crippen LogP contribution >= 0.6 is 0 Å². The average molecular weight is 328 g/mol. The molecular formula is C17H17FN4O2. The standard InChI is InChI=1S/C17H17FN4O2/c1-10-8-12(11-2-4-13(18)5-3-11)9-22(10)17(24)15-14(16(19)23)20-6-7-21-15/h2-7,10,12H,8-9H2,1H3,(H2,19,23)/t10-,12+/m1/s1. The van der Waals surface area contributed by atoms with Crippen LogP contribution in [0.2, 0.25) is 0 Å². The third kappa shape index (κ3) is 2.97. The summed E-state index contributed by atoms with van der Waals surface area (Å²) in [7, 11) is 0. The van der Waals surface area contributed by atoms with Crippen LogP contribution < -0.4 is 5.73 Å². The molecule has 2 heterocycles. The number of nitrogens with two attached hydrogens (primary N) is 1. The summed E-state index contributed by atoms with van der Waals surface area (Å²) in [6.07, 6.45) is 3.44. The van der Waals surface area contributed by atoms with Crippen molar-refractivity contribution in [2.45, 2.75) is 25.3 Å². The first-order chi connectivity index (χ1) is 11.5. The average Bonchev–Trinajstić information content (AvgIpc) is 2.96. The number of amides is 2. The Morgan fingerprint density at radius 3 is 2.42 bits per heavy atom. The van der Waals surface area contributed by atoms with Crippen molar-refractivity contribution in [3.63, 3.8) is 0 Å². The first-order valence-corrected chi connectivity index (χ1v) is 7.64. The number of primary amides is 1. The number of carbonyl (C=O) groups is 2. The van der Waals surface area contributed by atoms with Gasteiger partial charge in [0.1, 0.15) is 5.82 Å². The van der Waals surface area contributed by atoms with Gasteiger partial charge in [0.05, 0.1) is 0 Å². The molecule has 124 valence electrons. The van der Waals surface area contributed by atoms with E-state index in [9.17, 15) is 14.0 Å². The summed E-state index contributed by atoms with van der Waals surface area (Å²) in [6, 6.07) is 6.27. The van der Waals surface area contributed by atoms with Crippen molar-refractivity contribution < 1.29 is 14.0 Å². The second kappa shape index (κ2) is 6.35. The van der Waals surface area contributed by atoms with Gasteiger partial charge in [0, 0.05) is 30.9 Å². The molecule has 0 unspecified atom stereocenters. The molecule has 0 bridgehead atoms. The number of nitrogens with zero attached hydrogens (tertiary/aromatic N) is 3. The van der Waals surface area contributed by atoms with Crippen LogP contribution in [0.4, 0.5) is 4.39 Å². The van der Waals surface area contributed by atoms with Crippen molar-refractivity contribution in [1.29, 1.82) is 0 Å². The van der Waals surface area contributed by atoms with Crippen molar-refractivity contribution in [3.8, 4) is 0 Å². The Kier molecular flexibility index (Phi) is 4.24. The van der Waals surface area contributed by atoms with E-state index in [1.807, 2.05) is 6.92 Å². The monoisotopic (exact) mass is 328 g/mol. The first-order valence-electron chi connectivity index (χ1n) is 7.64. The van der Waals surface area contributed by atoms with E-state index in [2.05, 4.69) is 9.97 Å². The van der Waals surface area contributed by atoms with Gasteiger partial charge in [0.15, 0.2) is 11.4 Å². The zero-order valence-corrected chi connectivity index (χ0v) is 13.1. The van der Waals surface area contributed by atoms with Gasteiger partial charge in [-0.3, -0.25) is 9.59 Å². The summed E-state index contributed by atoms with van der Waals surface area (Å²) in [5.74, 6) is -1.33. The van der Waals surface area contributed by atoms with Gasteiger partial charge in [-0.15, -0.1) is 0 Å². The molecular weight excluding hydrogens is 311 g/mol. The highest BCUT2D eigenvalue weighted by atomic mass is 19.1. The highest BCUT2D eigenvalue weighted by Gasteiger charge is 2.35. The molecule has 1 aromatic carbocycles. The molecule has 1 fully saturated rings. The van der Waals surface area contributed by atoms with E-state index in [0.29, 0.717) is 6.54 Å². The quantitative estimate of drug-likeness (QED) is 0.929. The third-order valence-corrected chi connectivity index (χ3v) is 4.31. The predicted octanol–water partition coefficient (Wildman–Crippen LogP) is 1.73. The normalized spacial score (nSPS) is 20.2. The maximum absolute atomic E-state index is 13.1. The number of rotatable bonds is 3. The number of likely N-dealkylation sites (tertiary alicyclic amines) is 1. The molecule has 1 aliphatic heterocycles. The minimum Gasteiger partial charge on any atom is -0.364 e. The first kappa shape index (κ1) is 16.0. The molecule has 0 aliphatic carbocycles. The second-order valence-electron chi connectivity index (χ2n) is 5.91. The molecule has 1 aromatic heterocycles. The van der Waals surface area contributed by atoms with Crippen LogP contribution in [0, 0.1) is 5.82 Å². The Balaban J connectivity index is 1.84. The number of halogens is 1. The predicted molar refractivity (Wildman–Crippen MR) is 84.8 cm³/mol. The van der Waals surface area contributed by atoms with Gasteiger partial charge in [-0.25, -0.2) is 14.4 Å². The lowest BCUT2D eigenvalue weighted by Gasteiger charge is -2.21. The smallest absolute Gasteiger partial charge is 0.275 e. The number of benzene rings is 1. The Labute approximate surface area is 138 Å². The molecule has 0 spiro atoms. The van der Waals surface area contributed by atoms with E-state index in [0.717, 1.165) is 12.0 Å². The Bertz CT molecular complexity index is 778. The molecule has 2 N–H and O–H groups in total. The van der Waals surface area contributed by atoms with Gasteiger partial charge >= 0.3 is 0 Å². The lowest BCUT2D eigenvalue weighted by molar-refractivity contribution is 0.0733. The molecule has 2 atom stereocenters. The number of hydrogen-bond donors (Lipinski definition) is 1. The summed E-state index contributed by atoms with van der Waals surface area (Å²) in [4.78, 5) is 33.7. The minimum absolute atomic E-state index is 0.0309. The zero-order chi connectivity index (χ0) is 17.3. The van der Waals surface area contributed by atoms with Crippen LogP contribution in [0.1, 0.15) is 45.8 Å². The van der Waals surface area contributed by atoms with Gasteiger partial charge in [0.25, 0.3) is 11.8 Å². The minimum atomic E-state index is -0.784. The fourth-order valence-electron chi connectivity index (χ4n) is 3.10. The maximum Gasteiger partial charge on any atom is 0.275 e. The van der Waals surface area contributed by atoms with Crippen LogP contribution in [0.15, 0.2) is 36.7 Å². The molecule has 24 heavy (non-hydrogen) atoms. The fraction of sp³-hybridized carbons (Fsp3) is 0.294. The van der Waals surface area contributed by atoms with Crippen molar-refractivity contribution in [2.24, 2.45) is 5.73 Å². The Hall–Kier alpha value is -2.83. The molecule has 7 heteroatoms. The van der Waals surface area contributed by atoms with Crippen LogP contribution in [0.25, 0.3) is 0 Å². The summed E-state index contributed by atoms with van der Waals surface area (Å²) in [5.41, 5.74) is 6.09. The molecule has 1 saturated heterocycles. The van der Waals surface area contributed by atoms with Gasteiger partial charge in [-0.05, 0) is 31.0 Å². The summed E-state index contributed by atoms with van der Waals surface area (Å²) >= 11 is 0. The van der Waals surface area contributed by atoms with Crippen molar-refractivity contribution in [2.75, 3.05) is 6.54 Å². The summed E-state index contributed by atoms with van der Waals surface area (Å²) in [5, 5.41) is 0.